The van der Waals surface area contributed by atoms with Crippen molar-refractivity contribution in [3.8, 4) is 0 Å². The maximum absolute atomic E-state index is 13.5. The molecule has 7 nitrogen and oxygen atoms in total. The van der Waals surface area contributed by atoms with E-state index < -0.39 is 36.4 Å². The lowest BCUT2D eigenvalue weighted by Gasteiger charge is -2.30. The van der Waals surface area contributed by atoms with Gasteiger partial charge < -0.3 is 19.3 Å². The van der Waals surface area contributed by atoms with Crippen LogP contribution in [0.2, 0.25) is 0 Å². The highest BCUT2D eigenvalue weighted by atomic mass is 16.6. The van der Waals surface area contributed by atoms with E-state index in [2.05, 4.69) is 13.2 Å². The van der Waals surface area contributed by atoms with E-state index in [0.29, 0.717) is 38.0 Å². The summed E-state index contributed by atoms with van der Waals surface area (Å²) in [5.74, 6) is -0.655. The molecule has 192 valence electrons. The summed E-state index contributed by atoms with van der Waals surface area (Å²) in [5.41, 5.74) is 2.76. The summed E-state index contributed by atoms with van der Waals surface area (Å²) in [6.07, 6.45) is -1.01. The van der Waals surface area contributed by atoms with Gasteiger partial charge in [0.1, 0.15) is 12.7 Å². The molecule has 4 atom stereocenters. The molecule has 7 heteroatoms. The summed E-state index contributed by atoms with van der Waals surface area (Å²) in [5, 5.41) is 10.6. The lowest BCUT2D eigenvalue weighted by atomic mass is 10.0. The SMILES string of the molecule is C=C[C@@H](O)[C@H](O[C@@H](CCCOCc1ccccc1)C(=C)C)C(=O)N1C(=O)OC[C@@H]1Cc1ccccc1. The van der Waals surface area contributed by atoms with Gasteiger partial charge in [-0.15, -0.1) is 6.58 Å². The number of aliphatic hydroxyl groups excluding tert-OH is 1. The zero-order valence-electron chi connectivity index (χ0n) is 20.8. The number of cyclic esters (lactones) is 1. The quantitative estimate of drug-likeness (QED) is 0.309. The Morgan fingerprint density at radius 3 is 2.42 bits per heavy atom. The van der Waals surface area contributed by atoms with Crippen molar-refractivity contribution in [2.45, 2.75) is 57.1 Å². The minimum Gasteiger partial charge on any atom is -0.447 e. The number of imide groups is 1. The van der Waals surface area contributed by atoms with Crippen LogP contribution in [0, 0.1) is 0 Å². The molecule has 1 aliphatic rings. The van der Waals surface area contributed by atoms with Gasteiger partial charge in [0.2, 0.25) is 0 Å². The molecule has 1 fully saturated rings. The summed E-state index contributed by atoms with van der Waals surface area (Å²) in [4.78, 5) is 27.0. The summed E-state index contributed by atoms with van der Waals surface area (Å²) < 4.78 is 17.0. The molecule has 1 aliphatic heterocycles. The third-order valence-corrected chi connectivity index (χ3v) is 6.03. The Balaban J connectivity index is 1.62. The molecule has 3 rings (SSSR count). The maximum Gasteiger partial charge on any atom is 0.417 e. The van der Waals surface area contributed by atoms with Gasteiger partial charge in [-0.05, 0) is 37.3 Å². The van der Waals surface area contributed by atoms with Gasteiger partial charge >= 0.3 is 6.09 Å². The zero-order valence-corrected chi connectivity index (χ0v) is 20.8. The zero-order chi connectivity index (χ0) is 25.9. The molecule has 1 saturated heterocycles. The summed E-state index contributed by atoms with van der Waals surface area (Å²) >= 11 is 0. The highest BCUT2D eigenvalue weighted by Crippen LogP contribution is 2.23. The van der Waals surface area contributed by atoms with Crippen LogP contribution in [0.15, 0.2) is 85.5 Å². The average molecular weight is 494 g/mol. The van der Waals surface area contributed by atoms with Crippen LogP contribution in [0.1, 0.15) is 30.9 Å². The highest BCUT2D eigenvalue weighted by Gasteiger charge is 2.43. The van der Waals surface area contributed by atoms with Crippen LogP contribution in [0.4, 0.5) is 4.79 Å². The first-order valence-corrected chi connectivity index (χ1v) is 12.2. The van der Waals surface area contributed by atoms with E-state index in [1.54, 1.807) is 6.92 Å². The number of benzene rings is 2. The molecule has 1 N–H and O–H groups in total. The lowest BCUT2D eigenvalue weighted by molar-refractivity contribution is -0.151. The molecular formula is C29H35NO6. The van der Waals surface area contributed by atoms with Gasteiger partial charge in [0, 0.05) is 6.61 Å². The Kier molecular flexibility index (Phi) is 10.4. The first-order valence-electron chi connectivity index (χ1n) is 12.2. The van der Waals surface area contributed by atoms with Crippen molar-refractivity contribution in [2.75, 3.05) is 13.2 Å². The Hall–Kier alpha value is -3.26. The fraction of sp³-hybridized carbons (Fsp3) is 0.379. The largest absolute Gasteiger partial charge is 0.447 e. The summed E-state index contributed by atoms with van der Waals surface area (Å²) in [6, 6.07) is 18.9. The molecule has 0 unspecified atom stereocenters. The van der Waals surface area contributed by atoms with Gasteiger partial charge in [0.25, 0.3) is 5.91 Å². The van der Waals surface area contributed by atoms with Crippen molar-refractivity contribution in [2.24, 2.45) is 0 Å². The van der Waals surface area contributed by atoms with Crippen molar-refractivity contribution in [1.82, 2.24) is 4.90 Å². The van der Waals surface area contributed by atoms with Crippen LogP contribution >= 0.6 is 0 Å². The van der Waals surface area contributed by atoms with Crippen molar-refractivity contribution in [3.05, 3.63) is 96.6 Å². The minimum atomic E-state index is -1.32. The van der Waals surface area contributed by atoms with Crippen LogP contribution < -0.4 is 0 Å². The van der Waals surface area contributed by atoms with E-state index >= 15 is 0 Å². The first kappa shape index (κ1) is 27.3. The molecule has 0 aromatic heterocycles. The summed E-state index contributed by atoms with van der Waals surface area (Å²) in [7, 11) is 0. The number of amides is 2. The lowest BCUT2D eigenvalue weighted by Crippen LogP contribution is -2.51. The number of aliphatic hydroxyl groups is 1. The number of carbonyl (C=O) groups excluding carboxylic acids is 2. The first-order chi connectivity index (χ1) is 17.4. The molecule has 36 heavy (non-hydrogen) atoms. The molecule has 1 heterocycles. The highest BCUT2D eigenvalue weighted by molar-refractivity contribution is 5.96. The predicted octanol–water partition coefficient (Wildman–Crippen LogP) is 4.45. The smallest absolute Gasteiger partial charge is 0.417 e. The van der Waals surface area contributed by atoms with Crippen molar-refractivity contribution < 1.29 is 28.9 Å². The van der Waals surface area contributed by atoms with Crippen molar-refractivity contribution in [1.29, 1.82) is 0 Å². The topological polar surface area (TPSA) is 85.3 Å². The molecule has 0 saturated carbocycles. The molecule has 2 aromatic rings. The number of carbonyl (C=O) groups is 2. The van der Waals surface area contributed by atoms with Crippen molar-refractivity contribution in [3.63, 3.8) is 0 Å². The van der Waals surface area contributed by atoms with Crippen LogP contribution in [0.3, 0.4) is 0 Å². The van der Waals surface area contributed by atoms with Gasteiger partial charge in [-0.1, -0.05) is 78.9 Å². The van der Waals surface area contributed by atoms with E-state index in [-0.39, 0.29) is 6.61 Å². The fourth-order valence-corrected chi connectivity index (χ4v) is 4.06. The molecule has 2 amide bonds. The minimum absolute atomic E-state index is 0.0824. The number of rotatable bonds is 14. The van der Waals surface area contributed by atoms with Gasteiger partial charge in [-0.2, -0.15) is 0 Å². The van der Waals surface area contributed by atoms with E-state index in [1.807, 2.05) is 60.7 Å². The van der Waals surface area contributed by atoms with Gasteiger partial charge in [-0.25, -0.2) is 9.69 Å². The van der Waals surface area contributed by atoms with Crippen LogP contribution in [-0.4, -0.2) is 59.6 Å². The fourth-order valence-electron chi connectivity index (χ4n) is 4.06. The molecule has 0 radical (unpaired) electrons. The number of hydrogen-bond donors (Lipinski definition) is 1. The van der Waals surface area contributed by atoms with Crippen LogP contribution in [0.25, 0.3) is 0 Å². The van der Waals surface area contributed by atoms with E-state index in [1.165, 1.54) is 6.08 Å². The van der Waals surface area contributed by atoms with Gasteiger partial charge in [0.15, 0.2) is 6.10 Å². The Bertz CT molecular complexity index is 1010. The maximum atomic E-state index is 13.5. The molecule has 0 bridgehead atoms. The van der Waals surface area contributed by atoms with E-state index in [9.17, 15) is 14.7 Å². The predicted molar refractivity (Wildman–Crippen MR) is 137 cm³/mol. The molecule has 0 spiro atoms. The third-order valence-electron chi connectivity index (χ3n) is 6.03. The molecular weight excluding hydrogens is 458 g/mol. The molecule has 0 aliphatic carbocycles. The summed E-state index contributed by atoms with van der Waals surface area (Å²) in [6.45, 7) is 10.5. The van der Waals surface area contributed by atoms with E-state index in [4.69, 9.17) is 14.2 Å². The van der Waals surface area contributed by atoms with Crippen molar-refractivity contribution >= 4 is 12.0 Å². The Labute approximate surface area is 213 Å². The normalized spacial score (nSPS) is 17.8. The Morgan fingerprint density at radius 2 is 1.81 bits per heavy atom. The Morgan fingerprint density at radius 1 is 1.17 bits per heavy atom. The second-order valence-corrected chi connectivity index (χ2v) is 8.93. The monoisotopic (exact) mass is 493 g/mol. The van der Waals surface area contributed by atoms with Crippen LogP contribution in [0.5, 0.6) is 0 Å². The average Bonchev–Trinajstić information content (AvgIpc) is 3.25. The standard InChI is InChI=1S/C29H35NO6/c1-4-25(31)27(28(32)30-24(20-35-29(30)33)18-22-12-7-5-8-13-22)36-26(21(2)3)16-11-17-34-19-23-14-9-6-10-15-23/h4-10,12-15,24-27,31H,1-2,11,16-20H2,3H3/t24-,25+,26-,27-/m0/s1. The van der Waals surface area contributed by atoms with Crippen LogP contribution in [-0.2, 0) is 32.0 Å². The van der Waals surface area contributed by atoms with Gasteiger partial charge in [-0.3, -0.25) is 4.79 Å². The van der Waals surface area contributed by atoms with E-state index in [0.717, 1.165) is 16.0 Å². The number of hydrogen-bond acceptors (Lipinski definition) is 6. The second-order valence-electron chi connectivity index (χ2n) is 8.93. The van der Waals surface area contributed by atoms with Gasteiger partial charge in [0.05, 0.1) is 18.8 Å². The number of nitrogens with zero attached hydrogens (tertiary/aromatic N) is 1. The second kappa shape index (κ2) is 13.7. The third kappa shape index (κ3) is 7.62. The molecule has 2 aromatic carbocycles. The number of ether oxygens (including phenoxy) is 3.